The zero-order chi connectivity index (χ0) is 10.8. The molecule has 0 spiro atoms. The first kappa shape index (κ1) is 10.4. The molecule has 2 heterocycles. The van der Waals surface area contributed by atoms with E-state index >= 15 is 0 Å². The lowest BCUT2D eigenvalue weighted by molar-refractivity contribution is -0.191. The Morgan fingerprint density at radius 2 is 1.80 bits per heavy atom. The van der Waals surface area contributed by atoms with E-state index < -0.39 is 24.4 Å². The molecule has 82 valence electrons. The van der Waals surface area contributed by atoms with E-state index in [1.54, 1.807) is 6.07 Å². The Hall–Kier alpha value is -1.08. The molecule has 0 radical (unpaired) electrons. The second-order valence-electron chi connectivity index (χ2n) is 3.41. The normalized spacial score (nSPS) is 36.5. The van der Waals surface area contributed by atoms with E-state index in [9.17, 15) is 15.3 Å². The van der Waals surface area contributed by atoms with Gasteiger partial charge in [0.2, 0.25) is 0 Å². The summed E-state index contributed by atoms with van der Waals surface area (Å²) in [7, 11) is 0. The minimum absolute atomic E-state index is 0.0405. The minimum Gasteiger partial charge on any atom is -0.388 e. The fourth-order valence-electron chi connectivity index (χ4n) is 1.49. The Bertz CT molecular complexity index is 321. The molecule has 6 heteroatoms. The summed E-state index contributed by atoms with van der Waals surface area (Å²) in [5, 5.41) is 28.3. The van der Waals surface area contributed by atoms with Crippen LogP contribution in [0.5, 0.6) is 0 Å². The average Bonchev–Trinajstić information content (AvgIpc) is 2.27. The molecule has 0 amide bonds. The maximum atomic E-state index is 9.65. The van der Waals surface area contributed by atoms with Gasteiger partial charge in [-0.05, 0) is 6.07 Å². The van der Waals surface area contributed by atoms with Crippen molar-refractivity contribution < 1.29 is 20.1 Å². The zero-order valence-corrected chi connectivity index (χ0v) is 7.89. The summed E-state index contributed by atoms with van der Waals surface area (Å²) in [4.78, 5) is 7.85. The van der Waals surface area contributed by atoms with Crippen LogP contribution >= 0.6 is 0 Å². The molecular weight excluding hydrogens is 200 g/mol. The number of hydrogen-bond donors (Lipinski definition) is 3. The van der Waals surface area contributed by atoms with E-state index in [0.29, 0.717) is 5.82 Å². The Morgan fingerprint density at radius 1 is 1.13 bits per heavy atom. The van der Waals surface area contributed by atoms with Crippen molar-refractivity contribution in [2.24, 2.45) is 0 Å². The van der Waals surface area contributed by atoms with Gasteiger partial charge in [-0.1, -0.05) is 0 Å². The second kappa shape index (κ2) is 4.19. The third-order valence-corrected chi connectivity index (χ3v) is 2.34. The monoisotopic (exact) mass is 212 g/mol. The van der Waals surface area contributed by atoms with Crippen LogP contribution in [0.4, 0.5) is 0 Å². The SMILES string of the molecule is O[C@@H]1[C@H](O)[C@@H](c2ncccn2)OC[C@@H]1O. The van der Waals surface area contributed by atoms with E-state index in [-0.39, 0.29) is 6.61 Å². The Labute approximate surface area is 86.2 Å². The van der Waals surface area contributed by atoms with Crippen molar-refractivity contribution in [1.29, 1.82) is 0 Å². The number of aliphatic hydroxyl groups is 3. The summed E-state index contributed by atoms with van der Waals surface area (Å²) in [5.74, 6) is 0.302. The summed E-state index contributed by atoms with van der Waals surface area (Å²) in [6, 6.07) is 1.64. The highest BCUT2D eigenvalue weighted by molar-refractivity contribution is 5.00. The maximum absolute atomic E-state index is 9.65. The van der Waals surface area contributed by atoms with Gasteiger partial charge in [0.25, 0.3) is 0 Å². The number of hydrogen-bond acceptors (Lipinski definition) is 6. The van der Waals surface area contributed by atoms with E-state index in [1.807, 2.05) is 0 Å². The number of ether oxygens (including phenoxy) is 1. The number of rotatable bonds is 1. The molecule has 1 aromatic heterocycles. The van der Waals surface area contributed by atoms with E-state index in [0.717, 1.165) is 0 Å². The van der Waals surface area contributed by atoms with Gasteiger partial charge in [0.15, 0.2) is 5.82 Å². The van der Waals surface area contributed by atoms with Gasteiger partial charge in [0.1, 0.15) is 24.4 Å². The molecule has 15 heavy (non-hydrogen) atoms. The predicted molar refractivity (Wildman–Crippen MR) is 48.7 cm³/mol. The summed E-state index contributed by atoms with van der Waals surface area (Å²) in [6.07, 6.45) is -1.25. The zero-order valence-electron chi connectivity index (χ0n) is 7.89. The third-order valence-electron chi connectivity index (χ3n) is 2.34. The third kappa shape index (κ3) is 1.98. The Morgan fingerprint density at radius 3 is 2.47 bits per heavy atom. The average molecular weight is 212 g/mol. The molecule has 0 bridgehead atoms. The van der Waals surface area contributed by atoms with Crippen molar-refractivity contribution in [1.82, 2.24) is 9.97 Å². The summed E-state index contributed by atoms with van der Waals surface area (Å²) >= 11 is 0. The van der Waals surface area contributed by atoms with E-state index in [2.05, 4.69) is 9.97 Å². The molecular formula is C9H12N2O4. The topological polar surface area (TPSA) is 95.7 Å². The molecule has 3 N–H and O–H groups in total. The van der Waals surface area contributed by atoms with Crippen LogP contribution in [0.3, 0.4) is 0 Å². The van der Waals surface area contributed by atoms with Crippen molar-refractivity contribution in [3.63, 3.8) is 0 Å². The Kier molecular flexibility index (Phi) is 2.92. The highest BCUT2D eigenvalue weighted by Gasteiger charge is 2.39. The molecule has 1 fully saturated rings. The molecule has 0 aliphatic carbocycles. The fourth-order valence-corrected chi connectivity index (χ4v) is 1.49. The first-order valence-corrected chi connectivity index (χ1v) is 4.63. The molecule has 1 aliphatic heterocycles. The van der Waals surface area contributed by atoms with Crippen LogP contribution in [0.1, 0.15) is 11.9 Å². The van der Waals surface area contributed by atoms with E-state index in [1.165, 1.54) is 12.4 Å². The van der Waals surface area contributed by atoms with Crippen LogP contribution < -0.4 is 0 Å². The number of aromatic nitrogens is 2. The van der Waals surface area contributed by atoms with Crippen molar-refractivity contribution in [2.45, 2.75) is 24.4 Å². The van der Waals surface area contributed by atoms with Gasteiger partial charge in [-0.3, -0.25) is 0 Å². The minimum atomic E-state index is -1.23. The lowest BCUT2D eigenvalue weighted by atomic mass is 10.00. The van der Waals surface area contributed by atoms with Gasteiger partial charge >= 0.3 is 0 Å². The number of nitrogens with zero attached hydrogens (tertiary/aromatic N) is 2. The molecule has 2 rings (SSSR count). The van der Waals surface area contributed by atoms with Gasteiger partial charge in [0.05, 0.1) is 6.61 Å². The van der Waals surface area contributed by atoms with Crippen LogP contribution in [-0.2, 0) is 4.74 Å². The number of aliphatic hydroxyl groups excluding tert-OH is 3. The lowest BCUT2D eigenvalue weighted by Gasteiger charge is -2.34. The second-order valence-corrected chi connectivity index (χ2v) is 3.41. The van der Waals surface area contributed by atoms with Crippen LogP contribution in [-0.4, -0.2) is 50.2 Å². The fraction of sp³-hybridized carbons (Fsp3) is 0.556. The molecule has 1 saturated heterocycles. The summed E-state index contributed by atoms with van der Waals surface area (Å²) < 4.78 is 5.17. The first-order chi connectivity index (χ1) is 7.20. The van der Waals surface area contributed by atoms with Gasteiger partial charge in [0, 0.05) is 12.4 Å². The van der Waals surface area contributed by atoms with Crippen molar-refractivity contribution in [3.8, 4) is 0 Å². The Balaban J connectivity index is 2.17. The molecule has 4 atom stereocenters. The lowest BCUT2D eigenvalue weighted by Crippen LogP contribution is -2.49. The molecule has 1 aliphatic rings. The molecule has 1 aromatic rings. The van der Waals surface area contributed by atoms with E-state index in [4.69, 9.17) is 4.74 Å². The van der Waals surface area contributed by atoms with Gasteiger partial charge in [-0.25, -0.2) is 9.97 Å². The molecule has 6 nitrogen and oxygen atoms in total. The van der Waals surface area contributed by atoms with Gasteiger partial charge in [-0.15, -0.1) is 0 Å². The quantitative estimate of drug-likeness (QED) is 0.531. The first-order valence-electron chi connectivity index (χ1n) is 4.63. The van der Waals surface area contributed by atoms with Gasteiger partial charge in [-0.2, -0.15) is 0 Å². The van der Waals surface area contributed by atoms with Crippen LogP contribution in [0.2, 0.25) is 0 Å². The van der Waals surface area contributed by atoms with Crippen LogP contribution in [0.25, 0.3) is 0 Å². The smallest absolute Gasteiger partial charge is 0.159 e. The van der Waals surface area contributed by atoms with Crippen LogP contribution in [0, 0.1) is 0 Å². The van der Waals surface area contributed by atoms with Gasteiger partial charge < -0.3 is 20.1 Å². The molecule has 0 aromatic carbocycles. The largest absolute Gasteiger partial charge is 0.388 e. The van der Waals surface area contributed by atoms with Crippen LogP contribution in [0.15, 0.2) is 18.5 Å². The standard InChI is InChI=1S/C9H12N2O4/c12-5-4-15-8(7(14)6(5)13)9-10-2-1-3-11-9/h1-3,5-8,12-14H,4H2/t5-,6-,7-,8-/m0/s1. The molecule has 0 saturated carbocycles. The maximum Gasteiger partial charge on any atom is 0.159 e. The predicted octanol–water partition coefficient (Wildman–Crippen LogP) is -1.37. The van der Waals surface area contributed by atoms with Crippen molar-refractivity contribution >= 4 is 0 Å². The van der Waals surface area contributed by atoms with Crippen molar-refractivity contribution in [2.75, 3.05) is 6.61 Å². The molecule has 0 unspecified atom stereocenters. The highest BCUT2D eigenvalue weighted by Crippen LogP contribution is 2.26. The highest BCUT2D eigenvalue weighted by atomic mass is 16.5. The summed E-state index contributed by atoms with van der Waals surface area (Å²) in [6.45, 7) is -0.0405. The van der Waals surface area contributed by atoms with Crippen molar-refractivity contribution in [3.05, 3.63) is 24.3 Å². The summed E-state index contributed by atoms with van der Waals surface area (Å²) in [5.41, 5.74) is 0.